The summed E-state index contributed by atoms with van der Waals surface area (Å²) in [5.74, 6) is -1.65. The fourth-order valence-electron chi connectivity index (χ4n) is 1.89. The number of nitrogens with zero attached hydrogens (tertiary/aromatic N) is 2. The zero-order valence-corrected chi connectivity index (χ0v) is 12.5. The second-order valence-electron chi connectivity index (χ2n) is 4.81. The van der Waals surface area contributed by atoms with Crippen LogP contribution in [0, 0.1) is 27.3 Å². The van der Waals surface area contributed by atoms with Crippen molar-refractivity contribution in [3.63, 3.8) is 0 Å². The lowest BCUT2D eigenvalue weighted by Gasteiger charge is -2.15. The Morgan fingerprint density at radius 3 is 2.79 bits per heavy atom. The van der Waals surface area contributed by atoms with Crippen molar-refractivity contribution in [1.82, 2.24) is 0 Å². The predicted octanol–water partition coefficient (Wildman–Crippen LogP) is 3.01. The lowest BCUT2D eigenvalue weighted by molar-refractivity contribution is -0.386. The van der Waals surface area contributed by atoms with E-state index in [0.29, 0.717) is 11.3 Å². The summed E-state index contributed by atoms with van der Waals surface area (Å²) in [6.45, 7) is 1.37. The van der Waals surface area contributed by atoms with Crippen LogP contribution in [0.2, 0.25) is 0 Å². The fourth-order valence-corrected chi connectivity index (χ4v) is 1.89. The van der Waals surface area contributed by atoms with Crippen LogP contribution in [0.15, 0.2) is 42.5 Å². The second kappa shape index (κ2) is 7.19. The highest BCUT2D eigenvalue weighted by atomic mass is 19.1. The van der Waals surface area contributed by atoms with Crippen molar-refractivity contribution in [2.75, 3.05) is 5.32 Å². The molecule has 0 spiro atoms. The largest absolute Gasteiger partial charge is 0.474 e. The van der Waals surface area contributed by atoms with E-state index in [1.165, 1.54) is 13.0 Å². The molecule has 7 nitrogen and oxygen atoms in total. The summed E-state index contributed by atoms with van der Waals surface area (Å²) in [5, 5.41) is 22.3. The maximum Gasteiger partial charge on any atom is 0.311 e. The van der Waals surface area contributed by atoms with Gasteiger partial charge >= 0.3 is 5.69 Å². The molecule has 0 unspecified atom stereocenters. The first-order valence-electron chi connectivity index (χ1n) is 6.82. The molecule has 0 heterocycles. The van der Waals surface area contributed by atoms with E-state index in [1.807, 2.05) is 6.07 Å². The van der Waals surface area contributed by atoms with E-state index in [0.717, 1.165) is 18.2 Å². The number of ether oxygens (including phenoxy) is 1. The molecule has 0 aliphatic carbocycles. The summed E-state index contributed by atoms with van der Waals surface area (Å²) in [4.78, 5) is 22.3. The van der Waals surface area contributed by atoms with Crippen LogP contribution in [0.3, 0.4) is 0 Å². The summed E-state index contributed by atoms with van der Waals surface area (Å²) in [6, 6.07) is 10.9. The molecule has 8 heteroatoms. The molecule has 122 valence electrons. The molecule has 0 radical (unpaired) electrons. The number of nitrogens with one attached hydrogen (secondary N) is 1. The Morgan fingerprint density at radius 1 is 1.38 bits per heavy atom. The Bertz CT molecular complexity index is 832. The number of hydrogen-bond donors (Lipinski definition) is 1. The summed E-state index contributed by atoms with van der Waals surface area (Å²) in [5.41, 5.74) is 0.299. The number of amides is 1. The van der Waals surface area contributed by atoms with Crippen LogP contribution in [0.5, 0.6) is 5.75 Å². The average Bonchev–Trinajstić information content (AvgIpc) is 2.54. The molecule has 2 aromatic rings. The lowest BCUT2D eigenvalue weighted by Crippen LogP contribution is -2.30. The smallest absolute Gasteiger partial charge is 0.311 e. The van der Waals surface area contributed by atoms with Crippen LogP contribution >= 0.6 is 0 Å². The third kappa shape index (κ3) is 4.04. The topological polar surface area (TPSA) is 105 Å². The molecule has 24 heavy (non-hydrogen) atoms. The van der Waals surface area contributed by atoms with E-state index in [4.69, 9.17) is 10.00 Å². The van der Waals surface area contributed by atoms with E-state index in [-0.39, 0.29) is 5.75 Å². The van der Waals surface area contributed by atoms with Gasteiger partial charge in [0.25, 0.3) is 5.91 Å². The Balaban J connectivity index is 2.13. The lowest BCUT2D eigenvalue weighted by atomic mass is 10.2. The Hall–Kier alpha value is -3.47. The first-order chi connectivity index (χ1) is 11.4. The minimum absolute atomic E-state index is 0.339. The van der Waals surface area contributed by atoms with Crippen LogP contribution in [0.25, 0.3) is 0 Å². The monoisotopic (exact) mass is 329 g/mol. The Morgan fingerprint density at radius 2 is 2.12 bits per heavy atom. The van der Waals surface area contributed by atoms with Gasteiger partial charge in [0.2, 0.25) is 5.75 Å². The normalized spacial score (nSPS) is 11.2. The quantitative estimate of drug-likeness (QED) is 0.670. The van der Waals surface area contributed by atoms with Gasteiger partial charge in [-0.1, -0.05) is 6.07 Å². The molecule has 1 N–H and O–H groups in total. The van der Waals surface area contributed by atoms with Gasteiger partial charge in [0, 0.05) is 17.8 Å². The number of rotatable bonds is 5. The van der Waals surface area contributed by atoms with Crippen LogP contribution < -0.4 is 10.1 Å². The number of nitriles is 1. The second-order valence-corrected chi connectivity index (χ2v) is 4.81. The van der Waals surface area contributed by atoms with Gasteiger partial charge in [0.15, 0.2) is 6.10 Å². The number of benzene rings is 2. The summed E-state index contributed by atoms with van der Waals surface area (Å²) in [6.07, 6.45) is -1.11. The minimum Gasteiger partial charge on any atom is -0.474 e. The van der Waals surface area contributed by atoms with E-state index in [2.05, 4.69) is 5.32 Å². The Labute approximate surface area is 136 Å². The third-order valence-corrected chi connectivity index (χ3v) is 3.05. The molecule has 1 atom stereocenters. The van der Waals surface area contributed by atoms with Gasteiger partial charge in [-0.3, -0.25) is 14.9 Å². The number of nitro benzene ring substituents is 1. The van der Waals surface area contributed by atoms with Gasteiger partial charge in [0.05, 0.1) is 16.6 Å². The molecule has 2 aromatic carbocycles. The number of anilines is 1. The Kier molecular flexibility index (Phi) is 5.06. The number of hydrogen-bond acceptors (Lipinski definition) is 5. The molecule has 0 aliphatic heterocycles. The van der Waals surface area contributed by atoms with Crippen LogP contribution in [-0.4, -0.2) is 16.9 Å². The zero-order valence-electron chi connectivity index (χ0n) is 12.5. The molecular weight excluding hydrogens is 317 g/mol. The van der Waals surface area contributed by atoms with Crippen molar-refractivity contribution in [1.29, 1.82) is 5.26 Å². The highest BCUT2D eigenvalue weighted by molar-refractivity contribution is 5.94. The number of halogens is 1. The van der Waals surface area contributed by atoms with Crippen molar-refractivity contribution in [3.8, 4) is 11.8 Å². The number of carbonyl (C=O) groups excluding carboxylic acids is 1. The van der Waals surface area contributed by atoms with Crippen LogP contribution in [0.4, 0.5) is 15.8 Å². The molecule has 2 rings (SSSR count). The van der Waals surface area contributed by atoms with Crippen molar-refractivity contribution >= 4 is 17.3 Å². The molecule has 0 aliphatic rings. The third-order valence-electron chi connectivity index (χ3n) is 3.05. The average molecular weight is 329 g/mol. The van der Waals surface area contributed by atoms with E-state index >= 15 is 0 Å². The standard InChI is InChI=1S/C16H12FN3O4/c1-10(16(21)19-13-4-2-3-11(7-13)9-18)24-15-8-12(17)5-6-14(15)20(22)23/h2-8,10H,1H3,(H,19,21)/t10-/m1/s1. The molecule has 0 fully saturated rings. The van der Waals surface area contributed by atoms with Crippen molar-refractivity contribution in [2.24, 2.45) is 0 Å². The van der Waals surface area contributed by atoms with Crippen molar-refractivity contribution in [3.05, 3.63) is 64.0 Å². The number of nitro groups is 1. The fraction of sp³-hybridized carbons (Fsp3) is 0.125. The van der Waals surface area contributed by atoms with Crippen molar-refractivity contribution in [2.45, 2.75) is 13.0 Å². The van der Waals surface area contributed by atoms with Gasteiger partial charge < -0.3 is 10.1 Å². The molecule has 0 saturated carbocycles. The molecule has 0 saturated heterocycles. The maximum absolute atomic E-state index is 13.3. The van der Waals surface area contributed by atoms with Gasteiger partial charge in [0.1, 0.15) is 5.82 Å². The summed E-state index contributed by atoms with van der Waals surface area (Å²) in [7, 11) is 0. The van der Waals surface area contributed by atoms with Crippen LogP contribution in [0.1, 0.15) is 12.5 Å². The van der Waals surface area contributed by atoms with Crippen LogP contribution in [-0.2, 0) is 4.79 Å². The first-order valence-corrected chi connectivity index (χ1v) is 6.82. The number of carbonyl (C=O) groups is 1. The highest BCUT2D eigenvalue weighted by Gasteiger charge is 2.22. The van der Waals surface area contributed by atoms with E-state index in [9.17, 15) is 19.3 Å². The molecule has 0 aromatic heterocycles. The molecular formula is C16H12FN3O4. The van der Waals surface area contributed by atoms with Gasteiger partial charge in [-0.25, -0.2) is 4.39 Å². The van der Waals surface area contributed by atoms with Gasteiger partial charge in [-0.15, -0.1) is 0 Å². The SMILES string of the molecule is C[C@@H](Oc1cc(F)ccc1[N+](=O)[O-])C(=O)Nc1cccc(C#N)c1. The van der Waals surface area contributed by atoms with Crippen molar-refractivity contribution < 1.29 is 18.8 Å². The highest BCUT2D eigenvalue weighted by Crippen LogP contribution is 2.28. The summed E-state index contributed by atoms with van der Waals surface area (Å²) < 4.78 is 18.5. The first kappa shape index (κ1) is 16.9. The minimum atomic E-state index is -1.11. The van der Waals surface area contributed by atoms with E-state index in [1.54, 1.807) is 18.2 Å². The predicted molar refractivity (Wildman–Crippen MR) is 82.9 cm³/mol. The summed E-state index contributed by atoms with van der Waals surface area (Å²) >= 11 is 0. The molecule has 0 bridgehead atoms. The zero-order chi connectivity index (χ0) is 17.7. The maximum atomic E-state index is 13.3. The van der Waals surface area contributed by atoms with E-state index < -0.39 is 28.4 Å². The van der Waals surface area contributed by atoms with Gasteiger partial charge in [-0.2, -0.15) is 5.26 Å². The molecule has 1 amide bonds. The van der Waals surface area contributed by atoms with Gasteiger partial charge in [-0.05, 0) is 31.2 Å².